The molecule has 0 aliphatic rings. The van der Waals surface area contributed by atoms with Gasteiger partial charge in [0.05, 0.1) is 4.92 Å². The van der Waals surface area contributed by atoms with Gasteiger partial charge in [0, 0.05) is 22.8 Å². The Morgan fingerprint density at radius 2 is 2.12 bits per heavy atom. The van der Waals surface area contributed by atoms with Crippen LogP contribution in [0.1, 0.15) is 19.4 Å². The summed E-state index contributed by atoms with van der Waals surface area (Å²) in [7, 11) is 0. The highest BCUT2D eigenvalue weighted by Gasteiger charge is 2.21. The highest BCUT2D eigenvalue weighted by Crippen LogP contribution is 2.22. The van der Waals surface area contributed by atoms with Crippen LogP contribution in [0.15, 0.2) is 15.5 Å². The first-order chi connectivity index (χ1) is 7.34. The van der Waals surface area contributed by atoms with E-state index in [2.05, 4.69) is 15.9 Å². The first-order valence-corrected chi connectivity index (χ1v) is 5.67. The third kappa shape index (κ3) is 2.49. The monoisotopic (exact) mass is 288 g/mol. The van der Waals surface area contributed by atoms with Crippen LogP contribution in [0.5, 0.6) is 0 Å². The van der Waals surface area contributed by atoms with Gasteiger partial charge in [0.25, 0.3) is 0 Å². The molecule has 0 unspecified atom stereocenters. The topological polar surface area (TPSA) is 65.1 Å². The predicted molar refractivity (Wildman–Crippen MR) is 64.6 cm³/mol. The molecule has 16 heavy (non-hydrogen) atoms. The third-order valence-electron chi connectivity index (χ3n) is 2.19. The van der Waals surface area contributed by atoms with Gasteiger partial charge in [-0.25, -0.2) is 0 Å². The van der Waals surface area contributed by atoms with E-state index in [4.69, 9.17) is 0 Å². The first-order valence-electron chi connectivity index (χ1n) is 4.88. The lowest BCUT2D eigenvalue weighted by atomic mass is 10.2. The molecule has 0 fully saturated rings. The zero-order valence-corrected chi connectivity index (χ0v) is 10.9. The second-order valence-corrected chi connectivity index (χ2v) is 4.91. The van der Waals surface area contributed by atoms with E-state index in [1.807, 2.05) is 13.8 Å². The molecule has 6 heteroatoms. The Hall–Kier alpha value is -1.17. The molecule has 0 aromatic carbocycles. The third-order valence-corrected chi connectivity index (χ3v) is 2.99. The summed E-state index contributed by atoms with van der Waals surface area (Å²) >= 11 is 3.23. The van der Waals surface area contributed by atoms with Crippen LogP contribution < -0.4 is 5.56 Å². The molecular weight excluding hydrogens is 276 g/mol. The van der Waals surface area contributed by atoms with Crippen LogP contribution in [0, 0.1) is 23.0 Å². The van der Waals surface area contributed by atoms with Crippen molar-refractivity contribution in [3.63, 3.8) is 0 Å². The maximum absolute atomic E-state index is 11.8. The number of halogens is 1. The minimum absolute atomic E-state index is 0.256. The maximum atomic E-state index is 11.8. The molecule has 0 amide bonds. The second kappa shape index (κ2) is 4.78. The summed E-state index contributed by atoms with van der Waals surface area (Å²) in [5.41, 5.74) is -0.524. The molecule has 0 N–H and O–H groups in total. The standard InChI is InChI=1S/C10H13BrN2O3/c1-6(2)4-12-5-8(11)7(3)9(10(12)14)13(15)16/h5-6H,4H2,1-3H3. The molecule has 0 radical (unpaired) electrons. The average molecular weight is 289 g/mol. The van der Waals surface area contributed by atoms with Crippen molar-refractivity contribution in [2.45, 2.75) is 27.3 Å². The first kappa shape index (κ1) is 12.9. The number of hydrogen-bond donors (Lipinski definition) is 0. The van der Waals surface area contributed by atoms with Crippen LogP contribution >= 0.6 is 15.9 Å². The van der Waals surface area contributed by atoms with Gasteiger partial charge in [0.15, 0.2) is 0 Å². The highest BCUT2D eigenvalue weighted by molar-refractivity contribution is 9.10. The molecule has 0 saturated heterocycles. The Balaban J connectivity index is 3.45. The molecule has 0 saturated carbocycles. The number of rotatable bonds is 3. The van der Waals surface area contributed by atoms with Crippen molar-refractivity contribution in [1.29, 1.82) is 0 Å². The summed E-state index contributed by atoms with van der Waals surface area (Å²) in [6.45, 7) is 5.93. The Morgan fingerprint density at radius 3 is 2.56 bits per heavy atom. The summed E-state index contributed by atoms with van der Waals surface area (Å²) in [6.07, 6.45) is 1.60. The van der Waals surface area contributed by atoms with Gasteiger partial charge >= 0.3 is 11.2 Å². The van der Waals surface area contributed by atoms with Gasteiger partial charge in [-0.05, 0) is 28.8 Å². The van der Waals surface area contributed by atoms with Gasteiger partial charge in [-0.15, -0.1) is 0 Å². The molecule has 0 aliphatic heterocycles. The summed E-state index contributed by atoms with van der Waals surface area (Å²) < 4.78 is 1.96. The smallest absolute Gasteiger partial charge is 0.308 e. The molecule has 88 valence electrons. The van der Waals surface area contributed by atoms with Crippen molar-refractivity contribution in [2.75, 3.05) is 0 Å². The number of hydrogen-bond acceptors (Lipinski definition) is 3. The molecule has 0 aliphatic carbocycles. The lowest BCUT2D eigenvalue weighted by Crippen LogP contribution is -2.25. The van der Waals surface area contributed by atoms with Gasteiger partial charge < -0.3 is 4.57 Å². The normalized spacial score (nSPS) is 10.8. The fraction of sp³-hybridized carbons (Fsp3) is 0.500. The van der Waals surface area contributed by atoms with Crippen molar-refractivity contribution in [2.24, 2.45) is 5.92 Å². The van der Waals surface area contributed by atoms with Crippen LogP contribution in [-0.2, 0) is 6.54 Å². The molecule has 0 atom stereocenters. The van der Waals surface area contributed by atoms with E-state index in [0.717, 1.165) is 0 Å². The fourth-order valence-corrected chi connectivity index (χ4v) is 1.88. The maximum Gasteiger partial charge on any atom is 0.338 e. The van der Waals surface area contributed by atoms with Gasteiger partial charge in [0.1, 0.15) is 0 Å². The van der Waals surface area contributed by atoms with Crippen molar-refractivity contribution in [1.82, 2.24) is 4.57 Å². The zero-order valence-electron chi connectivity index (χ0n) is 9.36. The lowest BCUT2D eigenvalue weighted by molar-refractivity contribution is -0.387. The molecule has 1 aromatic rings. The number of pyridine rings is 1. The molecule has 1 rings (SSSR count). The number of nitrogens with zero attached hydrogens (tertiary/aromatic N) is 2. The van der Waals surface area contributed by atoms with Crippen LogP contribution in [-0.4, -0.2) is 9.49 Å². The van der Waals surface area contributed by atoms with Gasteiger partial charge in [-0.1, -0.05) is 13.8 Å². The fourth-order valence-electron chi connectivity index (χ4n) is 1.45. The quantitative estimate of drug-likeness (QED) is 0.634. The van der Waals surface area contributed by atoms with Crippen LogP contribution in [0.4, 0.5) is 5.69 Å². The highest BCUT2D eigenvalue weighted by atomic mass is 79.9. The van der Waals surface area contributed by atoms with E-state index < -0.39 is 10.5 Å². The minimum Gasteiger partial charge on any atom is -0.308 e. The predicted octanol–water partition coefficient (Wildman–Crippen LogP) is 2.48. The lowest BCUT2D eigenvalue weighted by Gasteiger charge is -2.10. The molecular formula is C10H13BrN2O3. The SMILES string of the molecule is Cc1c(Br)cn(CC(C)C)c(=O)c1[N+](=O)[O-]. The van der Waals surface area contributed by atoms with Crippen molar-refractivity contribution in [3.05, 3.63) is 36.7 Å². The molecule has 0 spiro atoms. The second-order valence-electron chi connectivity index (χ2n) is 4.06. The van der Waals surface area contributed by atoms with Crippen molar-refractivity contribution in [3.8, 4) is 0 Å². The van der Waals surface area contributed by atoms with Crippen molar-refractivity contribution < 1.29 is 4.92 Å². The Kier molecular flexibility index (Phi) is 3.85. The van der Waals surface area contributed by atoms with Crippen LogP contribution in [0.25, 0.3) is 0 Å². The summed E-state index contributed by atoms with van der Waals surface area (Å²) in [6, 6.07) is 0. The van der Waals surface area contributed by atoms with E-state index >= 15 is 0 Å². The van der Waals surface area contributed by atoms with E-state index in [1.165, 1.54) is 4.57 Å². The van der Waals surface area contributed by atoms with Crippen molar-refractivity contribution >= 4 is 21.6 Å². The number of aromatic nitrogens is 1. The Morgan fingerprint density at radius 1 is 1.56 bits per heavy atom. The summed E-state index contributed by atoms with van der Waals surface area (Å²) in [5, 5.41) is 10.8. The van der Waals surface area contributed by atoms with E-state index in [9.17, 15) is 14.9 Å². The minimum atomic E-state index is -0.626. The molecule has 1 aromatic heterocycles. The molecule has 1 heterocycles. The van der Waals surface area contributed by atoms with E-state index in [-0.39, 0.29) is 11.6 Å². The van der Waals surface area contributed by atoms with Gasteiger partial charge in [-0.2, -0.15) is 0 Å². The summed E-state index contributed by atoms with van der Waals surface area (Å²) in [5.74, 6) is 0.256. The molecule has 5 nitrogen and oxygen atoms in total. The van der Waals surface area contributed by atoms with Gasteiger partial charge in [-0.3, -0.25) is 14.9 Å². The van der Waals surface area contributed by atoms with E-state index in [1.54, 1.807) is 13.1 Å². The largest absolute Gasteiger partial charge is 0.338 e. The summed E-state index contributed by atoms with van der Waals surface area (Å²) in [4.78, 5) is 22.0. The molecule has 0 bridgehead atoms. The Bertz CT molecular complexity index is 480. The number of nitro groups is 1. The van der Waals surface area contributed by atoms with Crippen LogP contribution in [0.2, 0.25) is 0 Å². The Labute approximate surface area is 101 Å². The van der Waals surface area contributed by atoms with Gasteiger partial charge in [0.2, 0.25) is 0 Å². The van der Waals surface area contributed by atoms with Crippen LogP contribution in [0.3, 0.4) is 0 Å². The zero-order chi connectivity index (χ0) is 12.5. The van der Waals surface area contributed by atoms with E-state index in [0.29, 0.717) is 16.6 Å². The average Bonchev–Trinajstić information content (AvgIpc) is 2.13.